The zero-order valence-electron chi connectivity index (χ0n) is 8.61. The van der Waals surface area contributed by atoms with Crippen LogP contribution in [0.5, 0.6) is 0 Å². The summed E-state index contributed by atoms with van der Waals surface area (Å²) < 4.78 is 25.3. The van der Waals surface area contributed by atoms with Crippen LogP contribution in [-0.2, 0) is 6.54 Å². The first-order valence-corrected chi connectivity index (χ1v) is 5.63. The Morgan fingerprint density at radius 3 is 2.69 bits per heavy atom. The zero-order chi connectivity index (χ0) is 12.0. The fraction of sp³-hybridized carbons (Fsp3) is 0.500. The SMILES string of the molecule is OCCN(Cc1ccc(Br)cn1)CC(F)F. The molecule has 0 bridgehead atoms. The van der Waals surface area contributed by atoms with E-state index in [9.17, 15) is 8.78 Å². The van der Waals surface area contributed by atoms with Crippen LogP contribution in [0.3, 0.4) is 0 Å². The molecular formula is C10H13BrF2N2O. The Balaban J connectivity index is 2.56. The number of pyridine rings is 1. The molecule has 0 amide bonds. The zero-order valence-corrected chi connectivity index (χ0v) is 10.2. The van der Waals surface area contributed by atoms with Gasteiger partial charge in [0.2, 0.25) is 0 Å². The van der Waals surface area contributed by atoms with Gasteiger partial charge in [-0.3, -0.25) is 9.88 Å². The molecule has 3 nitrogen and oxygen atoms in total. The predicted octanol–water partition coefficient (Wildman–Crippen LogP) is 1.90. The third-order valence-electron chi connectivity index (χ3n) is 1.99. The van der Waals surface area contributed by atoms with Crippen molar-refractivity contribution in [2.24, 2.45) is 0 Å². The molecule has 1 rings (SSSR count). The summed E-state index contributed by atoms with van der Waals surface area (Å²) in [5, 5.41) is 8.76. The van der Waals surface area contributed by atoms with Crippen LogP contribution in [0, 0.1) is 0 Å². The Kier molecular flexibility index (Phi) is 5.79. The molecule has 0 aliphatic carbocycles. The normalized spacial score (nSPS) is 11.4. The highest BCUT2D eigenvalue weighted by atomic mass is 79.9. The third kappa shape index (κ3) is 4.96. The van der Waals surface area contributed by atoms with E-state index in [-0.39, 0.29) is 19.7 Å². The second-order valence-corrected chi connectivity index (χ2v) is 4.23. The number of halogens is 3. The minimum atomic E-state index is -2.40. The van der Waals surface area contributed by atoms with Gasteiger partial charge in [0, 0.05) is 23.8 Å². The van der Waals surface area contributed by atoms with Crippen molar-refractivity contribution in [2.75, 3.05) is 19.7 Å². The molecule has 1 aromatic rings. The number of rotatable bonds is 6. The van der Waals surface area contributed by atoms with E-state index in [0.717, 1.165) is 4.47 Å². The third-order valence-corrected chi connectivity index (χ3v) is 2.46. The molecule has 0 aliphatic heterocycles. The van der Waals surface area contributed by atoms with Gasteiger partial charge in [-0.25, -0.2) is 8.78 Å². The summed E-state index contributed by atoms with van der Waals surface area (Å²) in [4.78, 5) is 5.57. The van der Waals surface area contributed by atoms with Gasteiger partial charge in [0.05, 0.1) is 18.8 Å². The van der Waals surface area contributed by atoms with E-state index in [4.69, 9.17) is 5.11 Å². The summed E-state index contributed by atoms with van der Waals surface area (Å²) in [5.41, 5.74) is 0.706. The predicted molar refractivity (Wildman–Crippen MR) is 60.3 cm³/mol. The van der Waals surface area contributed by atoms with Crippen molar-refractivity contribution < 1.29 is 13.9 Å². The Morgan fingerprint density at radius 2 is 2.19 bits per heavy atom. The van der Waals surface area contributed by atoms with Crippen molar-refractivity contribution in [2.45, 2.75) is 13.0 Å². The van der Waals surface area contributed by atoms with E-state index in [1.807, 2.05) is 6.07 Å². The smallest absolute Gasteiger partial charge is 0.251 e. The molecule has 0 spiro atoms. The molecule has 16 heavy (non-hydrogen) atoms. The van der Waals surface area contributed by atoms with Crippen LogP contribution in [0.1, 0.15) is 5.69 Å². The minimum Gasteiger partial charge on any atom is -0.395 e. The van der Waals surface area contributed by atoms with Crippen LogP contribution >= 0.6 is 15.9 Å². The molecule has 0 saturated heterocycles. The van der Waals surface area contributed by atoms with Crippen molar-refractivity contribution in [3.8, 4) is 0 Å². The standard InChI is InChI=1S/C10H13BrF2N2O/c11-8-1-2-9(14-5-8)6-15(3-4-16)7-10(12)13/h1-2,5,10,16H,3-4,6-7H2. The number of nitrogens with zero attached hydrogens (tertiary/aromatic N) is 2. The molecule has 0 aromatic carbocycles. The Morgan fingerprint density at radius 1 is 1.44 bits per heavy atom. The number of aliphatic hydroxyl groups is 1. The number of aliphatic hydroxyl groups excluding tert-OH is 1. The second kappa shape index (κ2) is 6.88. The first-order chi connectivity index (χ1) is 7.61. The lowest BCUT2D eigenvalue weighted by Gasteiger charge is -2.20. The molecule has 1 heterocycles. The molecule has 0 saturated carbocycles. The molecule has 0 radical (unpaired) electrons. The van der Waals surface area contributed by atoms with Crippen LogP contribution in [0.25, 0.3) is 0 Å². The van der Waals surface area contributed by atoms with E-state index in [1.54, 1.807) is 12.3 Å². The summed E-state index contributed by atoms with van der Waals surface area (Å²) in [6.07, 6.45) is -0.781. The van der Waals surface area contributed by atoms with Gasteiger partial charge in [-0.05, 0) is 28.1 Å². The summed E-state index contributed by atoms with van der Waals surface area (Å²) in [6.45, 7) is 0.0574. The van der Waals surface area contributed by atoms with Gasteiger partial charge in [-0.2, -0.15) is 0 Å². The average Bonchev–Trinajstić information content (AvgIpc) is 2.21. The van der Waals surface area contributed by atoms with Gasteiger partial charge in [-0.15, -0.1) is 0 Å². The molecule has 0 fully saturated rings. The number of alkyl halides is 2. The molecule has 6 heteroatoms. The Bertz CT molecular complexity index is 308. The van der Waals surface area contributed by atoms with Crippen LogP contribution in [0.2, 0.25) is 0 Å². The first-order valence-electron chi connectivity index (χ1n) is 4.83. The molecular weight excluding hydrogens is 282 g/mol. The van der Waals surface area contributed by atoms with Crippen molar-refractivity contribution in [1.82, 2.24) is 9.88 Å². The highest BCUT2D eigenvalue weighted by Crippen LogP contribution is 2.09. The molecule has 1 N–H and O–H groups in total. The lowest BCUT2D eigenvalue weighted by atomic mass is 10.3. The largest absolute Gasteiger partial charge is 0.395 e. The minimum absolute atomic E-state index is 0.136. The maximum absolute atomic E-state index is 12.2. The highest BCUT2D eigenvalue weighted by molar-refractivity contribution is 9.10. The Hall–Kier alpha value is -0.590. The fourth-order valence-corrected chi connectivity index (χ4v) is 1.54. The maximum atomic E-state index is 12.2. The van der Waals surface area contributed by atoms with Crippen LogP contribution in [0.15, 0.2) is 22.8 Å². The van der Waals surface area contributed by atoms with Gasteiger partial charge in [0.15, 0.2) is 0 Å². The monoisotopic (exact) mass is 294 g/mol. The van der Waals surface area contributed by atoms with Gasteiger partial charge < -0.3 is 5.11 Å². The summed E-state index contributed by atoms with van der Waals surface area (Å²) in [7, 11) is 0. The Labute approximate surface area is 101 Å². The molecule has 0 atom stereocenters. The topological polar surface area (TPSA) is 36.4 Å². The van der Waals surface area contributed by atoms with Gasteiger partial charge in [0.1, 0.15) is 0 Å². The van der Waals surface area contributed by atoms with Crippen molar-refractivity contribution in [1.29, 1.82) is 0 Å². The molecule has 1 aromatic heterocycles. The molecule has 0 aliphatic rings. The van der Waals surface area contributed by atoms with Crippen LogP contribution in [-0.4, -0.2) is 41.1 Å². The van der Waals surface area contributed by atoms with Gasteiger partial charge in [-0.1, -0.05) is 0 Å². The average molecular weight is 295 g/mol. The van der Waals surface area contributed by atoms with Crippen molar-refractivity contribution in [3.05, 3.63) is 28.5 Å². The lowest BCUT2D eigenvalue weighted by molar-refractivity contribution is 0.0740. The van der Waals surface area contributed by atoms with Gasteiger partial charge in [0.25, 0.3) is 6.43 Å². The van der Waals surface area contributed by atoms with Crippen molar-refractivity contribution in [3.63, 3.8) is 0 Å². The first kappa shape index (κ1) is 13.5. The summed E-state index contributed by atoms with van der Waals surface area (Å²) in [5.74, 6) is 0. The van der Waals surface area contributed by atoms with Crippen molar-refractivity contribution >= 4 is 15.9 Å². The van der Waals surface area contributed by atoms with Gasteiger partial charge >= 0.3 is 0 Å². The van der Waals surface area contributed by atoms with E-state index in [2.05, 4.69) is 20.9 Å². The lowest BCUT2D eigenvalue weighted by Crippen LogP contribution is -2.31. The summed E-state index contributed by atoms with van der Waals surface area (Å²) >= 11 is 3.25. The second-order valence-electron chi connectivity index (χ2n) is 3.32. The molecule has 0 unspecified atom stereocenters. The molecule has 90 valence electrons. The maximum Gasteiger partial charge on any atom is 0.251 e. The fourth-order valence-electron chi connectivity index (χ4n) is 1.30. The van der Waals surface area contributed by atoms with E-state index >= 15 is 0 Å². The van der Waals surface area contributed by atoms with Crippen LogP contribution < -0.4 is 0 Å². The van der Waals surface area contributed by atoms with E-state index < -0.39 is 6.43 Å². The number of hydrogen-bond acceptors (Lipinski definition) is 3. The van der Waals surface area contributed by atoms with Crippen LogP contribution in [0.4, 0.5) is 8.78 Å². The number of hydrogen-bond donors (Lipinski definition) is 1. The summed E-state index contributed by atoms with van der Waals surface area (Å²) in [6, 6.07) is 3.57. The van der Waals surface area contributed by atoms with E-state index in [1.165, 1.54) is 4.90 Å². The quantitative estimate of drug-likeness (QED) is 0.871. The van der Waals surface area contributed by atoms with E-state index in [0.29, 0.717) is 12.2 Å². The number of aromatic nitrogens is 1. The highest BCUT2D eigenvalue weighted by Gasteiger charge is 2.12.